The average Bonchev–Trinajstić information content (AvgIpc) is 2.21. The van der Waals surface area contributed by atoms with Gasteiger partial charge < -0.3 is 25.6 Å². The Kier molecular flexibility index (Phi) is 6.63. The van der Waals surface area contributed by atoms with Crippen molar-refractivity contribution in [3.63, 3.8) is 0 Å². The zero-order chi connectivity index (χ0) is 12.6. The van der Waals surface area contributed by atoms with Crippen molar-refractivity contribution in [2.45, 2.75) is 12.5 Å². The maximum Gasteiger partial charge on any atom is 0.338 e. The van der Waals surface area contributed by atoms with Gasteiger partial charge in [0.15, 0.2) is 5.60 Å². The molecule has 1 unspecified atom stereocenters. The number of esters is 1. The molecule has 1 atom stereocenters. The molecule has 4 N–H and O–H groups in total. The highest BCUT2D eigenvalue weighted by atomic mass is 16.5. The molecule has 16 heavy (non-hydrogen) atoms. The van der Waals surface area contributed by atoms with Gasteiger partial charge in [-0.15, -0.1) is 0 Å². The second-order valence-electron chi connectivity index (χ2n) is 3.46. The van der Waals surface area contributed by atoms with E-state index in [1.165, 1.54) is 14.0 Å². The minimum Gasteiger partial charge on any atom is -0.467 e. The first kappa shape index (κ1) is 14.8. The van der Waals surface area contributed by atoms with Crippen molar-refractivity contribution in [1.29, 1.82) is 0 Å². The number of hydrogen-bond donors (Lipinski definition) is 3. The summed E-state index contributed by atoms with van der Waals surface area (Å²) in [4.78, 5) is 21.3. The highest BCUT2D eigenvalue weighted by molar-refractivity contribution is 5.78. The molecule has 0 aliphatic carbocycles. The van der Waals surface area contributed by atoms with Crippen molar-refractivity contribution < 1.29 is 24.2 Å². The van der Waals surface area contributed by atoms with E-state index in [0.29, 0.717) is 6.54 Å². The van der Waals surface area contributed by atoms with Gasteiger partial charge in [-0.2, -0.15) is 0 Å². The average molecular weight is 234 g/mol. The smallest absolute Gasteiger partial charge is 0.338 e. The summed E-state index contributed by atoms with van der Waals surface area (Å²) in [6, 6.07) is 0. The summed E-state index contributed by atoms with van der Waals surface area (Å²) in [5, 5.41) is 12.4. The number of nitrogens with one attached hydrogen (secondary N) is 1. The minimum absolute atomic E-state index is 0.0413. The SMILES string of the molecule is COC(=O)C(C)(O)CNCCOCC(N)=O. The van der Waals surface area contributed by atoms with Gasteiger partial charge in [0.25, 0.3) is 0 Å². The topological polar surface area (TPSA) is 111 Å². The van der Waals surface area contributed by atoms with Crippen molar-refractivity contribution in [2.75, 3.05) is 33.4 Å². The molecule has 0 aromatic rings. The molecule has 1 amide bonds. The predicted molar refractivity (Wildman–Crippen MR) is 55.5 cm³/mol. The van der Waals surface area contributed by atoms with E-state index in [2.05, 4.69) is 10.1 Å². The van der Waals surface area contributed by atoms with Gasteiger partial charge >= 0.3 is 5.97 Å². The van der Waals surface area contributed by atoms with Crippen LogP contribution < -0.4 is 11.1 Å². The predicted octanol–water partition coefficient (Wildman–Crippen LogP) is -2.00. The second-order valence-corrected chi connectivity index (χ2v) is 3.46. The number of primary amides is 1. The normalized spacial score (nSPS) is 14.2. The molecule has 0 aliphatic heterocycles. The van der Waals surface area contributed by atoms with Crippen LogP contribution in [0.4, 0.5) is 0 Å². The van der Waals surface area contributed by atoms with E-state index < -0.39 is 17.5 Å². The van der Waals surface area contributed by atoms with Crippen molar-refractivity contribution in [3.05, 3.63) is 0 Å². The first-order chi connectivity index (χ1) is 7.40. The van der Waals surface area contributed by atoms with Crippen molar-refractivity contribution in [3.8, 4) is 0 Å². The van der Waals surface area contributed by atoms with E-state index >= 15 is 0 Å². The number of hydrogen-bond acceptors (Lipinski definition) is 6. The first-order valence-corrected chi connectivity index (χ1v) is 4.77. The molecular formula is C9H18N2O5. The lowest BCUT2D eigenvalue weighted by atomic mass is 10.1. The van der Waals surface area contributed by atoms with Gasteiger partial charge in [-0.1, -0.05) is 0 Å². The van der Waals surface area contributed by atoms with E-state index in [4.69, 9.17) is 10.5 Å². The molecule has 0 saturated heterocycles. The highest BCUT2D eigenvalue weighted by Gasteiger charge is 2.30. The molecule has 0 aromatic heterocycles. The molecule has 0 aromatic carbocycles. The van der Waals surface area contributed by atoms with Crippen molar-refractivity contribution >= 4 is 11.9 Å². The van der Waals surface area contributed by atoms with Crippen LogP contribution in [0.1, 0.15) is 6.92 Å². The molecule has 94 valence electrons. The fraction of sp³-hybridized carbons (Fsp3) is 0.778. The molecule has 7 nitrogen and oxygen atoms in total. The van der Waals surface area contributed by atoms with E-state index in [-0.39, 0.29) is 19.8 Å². The molecule has 0 spiro atoms. The number of amides is 1. The fourth-order valence-corrected chi connectivity index (χ4v) is 0.941. The maximum atomic E-state index is 11.0. The summed E-state index contributed by atoms with van der Waals surface area (Å²) in [6.45, 7) is 1.89. The van der Waals surface area contributed by atoms with E-state index in [1.54, 1.807) is 0 Å². The quantitative estimate of drug-likeness (QED) is 0.331. The fourth-order valence-electron chi connectivity index (χ4n) is 0.941. The molecule has 0 heterocycles. The number of aliphatic hydroxyl groups is 1. The van der Waals surface area contributed by atoms with Crippen LogP contribution in [0.3, 0.4) is 0 Å². The lowest BCUT2D eigenvalue weighted by Gasteiger charge is -2.20. The van der Waals surface area contributed by atoms with Crippen LogP contribution in [0, 0.1) is 0 Å². The Morgan fingerprint density at radius 3 is 2.62 bits per heavy atom. The van der Waals surface area contributed by atoms with Gasteiger partial charge in [0.2, 0.25) is 5.91 Å². The van der Waals surface area contributed by atoms with E-state index in [1.807, 2.05) is 0 Å². The van der Waals surface area contributed by atoms with Crippen LogP contribution in [0.15, 0.2) is 0 Å². The summed E-state index contributed by atoms with van der Waals surface area (Å²) in [7, 11) is 1.20. The van der Waals surface area contributed by atoms with Crippen molar-refractivity contribution in [2.24, 2.45) is 5.73 Å². The summed E-state index contributed by atoms with van der Waals surface area (Å²) >= 11 is 0. The number of rotatable bonds is 8. The molecular weight excluding hydrogens is 216 g/mol. The zero-order valence-electron chi connectivity index (χ0n) is 9.49. The number of nitrogens with two attached hydrogens (primary N) is 1. The summed E-state index contributed by atoms with van der Waals surface area (Å²) in [5.74, 6) is -1.25. The molecule has 0 saturated carbocycles. The zero-order valence-corrected chi connectivity index (χ0v) is 9.49. The highest BCUT2D eigenvalue weighted by Crippen LogP contribution is 2.03. The van der Waals surface area contributed by atoms with Crippen LogP contribution in [0.5, 0.6) is 0 Å². The lowest BCUT2D eigenvalue weighted by Crippen LogP contribution is -2.46. The molecule has 0 bridgehead atoms. The summed E-state index contributed by atoms with van der Waals surface area (Å²) < 4.78 is 9.27. The third-order valence-corrected chi connectivity index (χ3v) is 1.76. The molecule has 0 fully saturated rings. The maximum absolute atomic E-state index is 11.0. The first-order valence-electron chi connectivity index (χ1n) is 4.77. The Balaban J connectivity index is 3.58. The summed E-state index contributed by atoms with van der Waals surface area (Å²) in [5.41, 5.74) is 3.28. The summed E-state index contributed by atoms with van der Waals surface area (Å²) in [6.07, 6.45) is 0. The molecule has 0 aliphatic rings. The van der Waals surface area contributed by atoms with Crippen LogP contribution >= 0.6 is 0 Å². The van der Waals surface area contributed by atoms with Gasteiger partial charge in [0.05, 0.1) is 13.7 Å². The molecule has 0 radical (unpaired) electrons. The number of ether oxygens (including phenoxy) is 2. The molecule has 7 heteroatoms. The molecule has 0 rings (SSSR count). The number of carbonyl (C=O) groups excluding carboxylic acids is 2. The van der Waals surface area contributed by atoms with Crippen LogP contribution in [-0.4, -0.2) is 56.0 Å². The lowest BCUT2D eigenvalue weighted by molar-refractivity contribution is -0.159. The number of methoxy groups -OCH3 is 1. The van der Waals surface area contributed by atoms with Crippen LogP contribution in [-0.2, 0) is 19.1 Å². The third-order valence-electron chi connectivity index (χ3n) is 1.76. The Labute approximate surface area is 93.9 Å². The van der Waals surface area contributed by atoms with Gasteiger partial charge in [-0.05, 0) is 6.92 Å². The largest absolute Gasteiger partial charge is 0.467 e. The minimum atomic E-state index is -1.57. The monoisotopic (exact) mass is 234 g/mol. The second kappa shape index (κ2) is 7.15. The van der Waals surface area contributed by atoms with Crippen molar-refractivity contribution in [1.82, 2.24) is 5.32 Å². The van der Waals surface area contributed by atoms with Gasteiger partial charge in [-0.25, -0.2) is 4.79 Å². The van der Waals surface area contributed by atoms with Crippen LogP contribution in [0.25, 0.3) is 0 Å². The van der Waals surface area contributed by atoms with Gasteiger partial charge in [-0.3, -0.25) is 4.79 Å². The Morgan fingerprint density at radius 1 is 1.50 bits per heavy atom. The van der Waals surface area contributed by atoms with Gasteiger partial charge in [0, 0.05) is 13.1 Å². The van der Waals surface area contributed by atoms with E-state index in [9.17, 15) is 14.7 Å². The third kappa shape index (κ3) is 6.33. The van der Waals surface area contributed by atoms with Crippen LogP contribution in [0.2, 0.25) is 0 Å². The Morgan fingerprint density at radius 2 is 2.12 bits per heavy atom. The standard InChI is InChI=1S/C9H18N2O5/c1-9(14,8(13)15-2)6-11-3-4-16-5-7(10)12/h11,14H,3-6H2,1-2H3,(H2,10,12). The number of carbonyl (C=O) groups is 2. The Hall–Kier alpha value is -1.18. The Bertz CT molecular complexity index is 242. The van der Waals surface area contributed by atoms with Gasteiger partial charge in [0.1, 0.15) is 6.61 Å². The van der Waals surface area contributed by atoms with E-state index in [0.717, 1.165) is 0 Å².